The number of nitrogens with zero attached hydrogens (tertiary/aromatic N) is 3. The molecule has 36 heavy (non-hydrogen) atoms. The van der Waals surface area contributed by atoms with Crippen LogP contribution in [-0.4, -0.2) is 33.5 Å². The van der Waals surface area contributed by atoms with Crippen molar-refractivity contribution in [3.8, 4) is 11.4 Å². The summed E-state index contributed by atoms with van der Waals surface area (Å²) in [6.07, 6.45) is 2.39. The number of hydrogen-bond acceptors (Lipinski definition) is 4. The van der Waals surface area contributed by atoms with Crippen LogP contribution in [0.1, 0.15) is 50.5 Å². The Bertz CT molecular complexity index is 1380. The van der Waals surface area contributed by atoms with Gasteiger partial charge in [0.15, 0.2) is 6.61 Å². The number of unbranched alkanes of at least 4 members (excludes halogenated alkanes) is 1. The molecule has 1 aromatic heterocycles. The Morgan fingerprint density at radius 1 is 1.00 bits per heavy atom. The summed E-state index contributed by atoms with van der Waals surface area (Å²) in [5.41, 5.74) is 2.28. The van der Waals surface area contributed by atoms with E-state index in [4.69, 9.17) is 9.72 Å². The van der Waals surface area contributed by atoms with Crippen LogP contribution >= 0.6 is 0 Å². The lowest BCUT2D eigenvalue weighted by atomic mass is 10.1. The van der Waals surface area contributed by atoms with E-state index in [2.05, 4.69) is 6.92 Å². The zero-order valence-electron chi connectivity index (χ0n) is 21.2. The van der Waals surface area contributed by atoms with Gasteiger partial charge in [0, 0.05) is 6.54 Å². The largest absolute Gasteiger partial charge is 0.484 e. The van der Waals surface area contributed by atoms with Crippen molar-refractivity contribution in [2.45, 2.75) is 46.1 Å². The number of hydrogen-bond donors (Lipinski definition) is 0. The molecule has 0 saturated carbocycles. The van der Waals surface area contributed by atoms with Gasteiger partial charge in [0.2, 0.25) is 0 Å². The Kier molecular flexibility index (Phi) is 8.16. The van der Waals surface area contributed by atoms with Gasteiger partial charge < -0.3 is 9.64 Å². The average molecular weight is 484 g/mol. The highest BCUT2D eigenvalue weighted by Gasteiger charge is 2.29. The maximum atomic E-state index is 13.8. The smallest absolute Gasteiger partial charge is 0.266 e. The number of amides is 1. The minimum Gasteiger partial charge on any atom is -0.484 e. The third-order valence-electron chi connectivity index (χ3n) is 6.30. The fraction of sp³-hybridized carbons (Fsp3) is 0.300. The number of carbonyl (C=O) groups is 1. The molecular formula is C30H33N3O3. The van der Waals surface area contributed by atoms with E-state index in [0.717, 1.165) is 24.1 Å². The molecular weight excluding hydrogens is 450 g/mol. The molecule has 4 aromatic rings. The number of aromatic nitrogens is 2. The maximum Gasteiger partial charge on any atom is 0.266 e. The van der Waals surface area contributed by atoms with E-state index in [1.54, 1.807) is 10.6 Å². The summed E-state index contributed by atoms with van der Waals surface area (Å²) in [7, 11) is 0. The quantitative estimate of drug-likeness (QED) is 0.284. The van der Waals surface area contributed by atoms with E-state index in [0.29, 0.717) is 35.4 Å². The summed E-state index contributed by atoms with van der Waals surface area (Å²) < 4.78 is 7.48. The zero-order chi connectivity index (χ0) is 25.5. The lowest BCUT2D eigenvalue weighted by molar-refractivity contribution is -0.136. The zero-order valence-corrected chi connectivity index (χ0v) is 21.2. The van der Waals surface area contributed by atoms with Crippen LogP contribution in [0.25, 0.3) is 16.6 Å². The molecule has 0 spiro atoms. The number of benzene rings is 3. The van der Waals surface area contributed by atoms with E-state index < -0.39 is 0 Å². The Hall–Kier alpha value is -3.93. The lowest BCUT2D eigenvalue weighted by Gasteiger charge is -2.32. The molecule has 6 nitrogen and oxygen atoms in total. The van der Waals surface area contributed by atoms with E-state index in [1.807, 2.05) is 91.5 Å². The number of fused-ring (bicyclic) bond motifs is 1. The minimum absolute atomic E-state index is 0.0769. The normalized spacial score (nSPS) is 11.9. The van der Waals surface area contributed by atoms with E-state index >= 15 is 0 Å². The second kappa shape index (κ2) is 11.7. The number of para-hydroxylation sites is 2. The summed E-state index contributed by atoms with van der Waals surface area (Å²) >= 11 is 0. The Morgan fingerprint density at radius 3 is 2.47 bits per heavy atom. The second-order valence-electron chi connectivity index (χ2n) is 8.93. The first kappa shape index (κ1) is 25.2. The highest BCUT2D eigenvalue weighted by molar-refractivity contribution is 5.79. The van der Waals surface area contributed by atoms with E-state index in [-0.39, 0.29) is 24.1 Å². The molecule has 0 radical (unpaired) electrons. The molecule has 0 fully saturated rings. The van der Waals surface area contributed by atoms with Crippen molar-refractivity contribution in [3.63, 3.8) is 0 Å². The van der Waals surface area contributed by atoms with Gasteiger partial charge in [0.25, 0.3) is 11.5 Å². The Balaban J connectivity index is 1.81. The summed E-state index contributed by atoms with van der Waals surface area (Å²) in [5, 5.41) is 0.552. The Morgan fingerprint density at radius 2 is 1.75 bits per heavy atom. The topological polar surface area (TPSA) is 64.4 Å². The van der Waals surface area contributed by atoms with Crippen LogP contribution in [0.2, 0.25) is 0 Å². The van der Waals surface area contributed by atoms with Gasteiger partial charge in [-0.05, 0) is 61.7 Å². The van der Waals surface area contributed by atoms with Crippen molar-refractivity contribution in [2.75, 3.05) is 13.2 Å². The Labute approximate surface area is 212 Å². The molecule has 0 N–H and O–H groups in total. The van der Waals surface area contributed by atoms with E-state index in [1.165, 1.54) is 0 Å². The molecule has 0 saturated heterocycles. The third-order valence-corrected chi connectivity index (χ3v) is 6.30. The van der Waals surface area contributed by atoms with Gasteiger partial charge in [-0.2, -0.15) is 0 Å². The summed E-state index contributed by atoms with van der Waals surface area (Å²) in [6.45, 7) is 6.60. The first-order chi connectivity index (χ1) is 17.5. The van der Waals surface area contributed by atoms with Crippen LogP contribution in [0.5, 0.6) is 5.75 Å². The van der Waals surface area contributed by atoms with Gasteiger partial charge in [0.1, 0.15) is 11.6 Å². The average Bonchev–Trinajstić information content (AvgIpc) is 2.90. The number of ether oxygens (including phenoxy) is 1. The first-order valence-electron chi connectivity index (χ1n) is 12.6. The van der Waals surface area contributed by atoms with Crippen molar-refractivity contribution in [1.82, 2.24) is 14.5 Å². The molecule has 1 atom stereocenters. The number of rotatable bonds is 10. The molecule has 0 aliphatic carbocycles. The summed E-state index contributed by atoms with van der Waals surface area (Å²) in [4.78, 5) is 34.1. The second-order valence-corrected chi connectivity index (χ2v) is 8.93. The standard InChI is InChI=1S/C30H33N3O3/c1-4-6-19-32(28(34)21-36-24-15-8-7-9-16-24)27(5-2)29-31-26-18-11-10-17-25(26)30(35)33(29)23-14-12-13-22(3)20-23/h7-18,20,27H,4-6,19,21H2,1-3H3. The highest BCUT2D eigenvalue weighted by Crippen LogP contribution is 2.27. The van der Waals surface area contributed by atoms with Crippen molar-refractivity contribution in [1.29, 1.82) is 0 Å². The minimum atomic E-state index is -0.388. The molecule has 4 rings (SSSR count). The highest BCUT2D eigenvalue weighted by atomic mass is 16.5. The van der Waals surface area contributed by atoms with Crippen molar-refractivity contribution < 1.29 is 9.53 Å². The van der Waals surface area contributed by atoms with Crippen LogP contribution in [0, 0.1) is 6.92 Å². The SMILES string of the molecule is CCCCN(C(=O)COc1ccccc1)C(CC)c1nc2ccccc2c(=O)n1-c1cccc(C)c1. The van der Waals surface area contributed by atoms with Gasteiger partial charge in [-0.15, -0.1) is 0 Å². The third kappa shape index (κ3) is 5.48. The molecule has 1 unspecified atom stereocenters. The van der Waals surface area contributed by atoms with Crippen LogP contribution < -0.4 is 10.3 Å². The molecule has 6 heteroatoms. The molecule has 1 heterocycles. The van der Waals surface area contributed by atoms with Crippen LogP contribution in [0.3, 0.4) is 0 Å². The van der Waals surface area contributed by atoms with Gasteiger partial charge >= 0.3 is 0 Å². The molecule has 0 aliphatic rings. The molecule has 3 aromatic carbocycles. The molecule has 186 valence electrons. The van der Waals surface area contributed by atoms with Crippen LogP contribution in [-0.2, 0) is 4.79 Å². The summed E-state index contributed by atoms with van der Waals surface area (Å²) in [6, 6.07) is 24.2. The number of carbonyl (C=O) groups excluding carboxylic acids is 1. The van der Waals surface area contributed by atoms with Crippen molar-refractivity contribution >= 4 is 16.8 Å². The van der Waals surface area contributed by atoms with Crippen molar-refractivity contribution in [2.24, 2.45) is 0 Å². The maximum absolute atomic E-state index is 13.8. The van der Waals surface area contributed by atoms with E-state index in [9.17, 15) is 9.59 Å². The van der Waals surface area contributed by atoms with Gasteiger partial charge in [-0.25, -0.2) is 4.98 Å². The lowest BCUT2D eigenvalue weighted by Crippen LogP contribution is -2.41. The fourth-order valence-corrected chi connectivity index (χ4v) is 4.46. The molecule has 0 aliphatic heterocycles. The summed E-state index contributed by atoms with van der Waals surface area (Å²) in [5.74, 6) is 1.09. The van der Waals surface area contributed by atoms with Gasteiger partial charge in [-0.3, -0.25) is 14.2 Å². The van der Waals surface area contributed by atoms with Crippen LogP contribution in [0.15, 0.2) is 83.7 Å². The number of aryl methyl sites for hydroxylation is 1. The predicted molar refractivity (Wildman–Crippen MR) is 144 cm³/mol. The molecule has 1 amide bonds. The molecule has 0 bridgehead atoms. The van der Waals surface area contributed by atoms with Gasteiger partial charge in [0.05, 0.1) is 22.6 Å². The predicted octanol–water partition coefficient (Wildman–Crippen LogP) is 5.85. The monoisotopic (exact) mass is 483 g/mol. The van der Waals surface area contributed by atoms with Gasteiger partial charge in [-0.1, -0.05) is 62.7 Å². The van der Waals surface area contributed by atoms with Crippen LogP contribution in [0.4, 0.5) is 0 Å². The fourth-order valence-electron chi connectivity index (χ4n) is 4.46. The first-order valence-corrected chi connectivity index (χ1v) is 12.6. The van der Waals surface area contributed by atoms with Crippen molar-refractivity contribution in [3.05, 3.63) is 101 Å².